The monoisotopic (exact) mass is 404 g/mol. The predicted octanol–water partition coefficient (Wildman–Crippen LogP) is 5.18. The highest BCUT2D eigenvalue weighted by Crippen LogP contribution is 2.29. The Labute approximate surface area is 132 Å². The van der Waals surface area contributed by atoms with Crippen LogP contribution in [0.4, 0.5) is 4.39 Å². The Morgan fingerprint density at radius 1 is 1.11 bits per heavy atom. The molecule has 0 aliphatic rings. The van der Waals surface area contributed by atoms with Gasteiger partial charge in [-0.25, -0.2) is 4.39 Å². The number of aliphatic hydroxyl groups is 1. The average molecular weight is 406 g/mol. The van der Waals surface area contributed by atoms with Gasteiger partial charge < -0.3 is 5.11 Å². The van der Waals surface area contributed by atoms with Crippen LogP contribution in [0.5, 0.6) is 0 Å². The molecule has 0 amide bonds. The predicted molar refractivity (Wildman–Crippen MR) is 83.9 cm³/mol. The third kappa shape index (κ3) is 4.31. The molecule has 2 rings (SSSR count). The van der Waals surface area contributed by atoms with E-state index in [1.54, 1.807) is 12.1 Å². The summed E-state index contributed by atoms with van der Waals surface area (Å²) in [6.07, 6.45) is -0.832. The van der Waals surface area contributed by atoms with Gasteiger partial charge in [-0.3, -0.25) is 0 Å². The van der Waals surface area contributed by atoms with Crippen molar-refractivity contribution in [3.8, 4) is 0 Å². The molecule has 0 aliphatic carbocycles. The topological polar surface area (TPSA) is 20.2 Å². The van der Waals surface area contributed by atoms with E-state index in [4.69, 9.17) is 0 Å². The lowest BCUT2D eigenvalue weighted by Gasteiger charge is -2.12. The zero-order valence-corrected chi connectivity index (χ0v) is 13.8. The Bertz CT molecular complexity index is 577. The smallest absolute Gasteiger partial charge is 0.129 e. The number of rotatable bonds is 4. The molecule has 1 nitrogen and oxygen atoms in total. The van der Waals surface area contributed by atoms with E-state index in [0.29, 0.717) is 11.3 Å². The SMILES string of the molecule is OC(CSc1cccc(Br)c1)c1cc(Br)ccc1F. The molecule has 5 heteroatoms. The lowest BCUT2D eigenvalue weighted by molar-refractivity contribution is 0.199. The van der Waals surface area contributed by atoms with E-state index in [2.05, 4.69) is 31.9 Å². The first-order valence-electron chi connectivity index (χ1n) is 5.57. The molecule has 0 heterocycles. The second-order valence-electron chi connectivity index (χ2n) is 3.95. The van der Waals surface area contributed by atoms with E-state index in [-0.39, 0.29) is 5.82 Å². The number of benzene rings is 2. The summed E-state index contributed by atoms with van der Waals surface area (Å²) in [5.41, 5.74) is 0.317. The zero-order valence-electron chi connectivity index (χ0n) is 9.82. The molecule has 0 aromatic heterocycles. The van der Waals surface area contributed by atoms with Crippen LogP contribution in [0.15, 0.2) is 56.3 Å². The van der Waals surface area contributed by atoms with Crippen molar-refractivity contribution in [2.24, 2.45) is 0 Å². The molecule has 2 aromatic carbocycles. The average Bonchev–Trinajstić information content (AvgIpc) is 2.39. The fourth-order valence-electron chi connectivity index (χ4n) is 1.59. The van der Waals surface area contributed by atoms with Crippen molar-refractivity contribution < 1.29 is 9.50 Å². The van der Waals surface area contributed by atoms with Crippen LogP contribution in [-0.2, 0) is 0 Å². The first kappa shape index (κ1) is 15.0. The molecule has 2 aromatic rings. The summed E-state index contributed by atoms with van der Waals surface area (Å²) in [7, 11) is 0. The summed E-state index contributed by atoms with van der Waals surface area (Å²) in [5.74, 6) is 0.0228. The lowest BCUT2D eigenvalue weighted by atomic mass is 10.1. The Morgan fingerprint density at radius 3 is 2.58 bits per heavy atom. The van der Waals surface area contributed by atoms with Gasteiger partial charge in [0.05, 0.1) is 6.10 Å². The number of hydrogen-bond donors (Lipinski definition) is 1. The van der Waals surface area contributed by atoms with Gasteiger partial charge >= 0.3 is 0 Å². The molecule has 0 spiro atoms. The fraction of sp³-hybridized carbons (Fsp3) is 0.143. The number of aliphatic hydroxyl groups excluding tert-OH is 1. The van der Waals surface area contributed by atoms with Crippen molar-refractivity contribution in [2.75, 3.05) is 5.75 Å². The summed E-state index contributed by atoms with van der Waals surface area (Å²) in [4.78, 5) is 1.03. The minimum Gasteiger partial charge on any atom is -0.387 e. The number of thioether (sulfide) groups is 1. The van der Waals surface area contributed by atoms with Crippen molar-refractivity contribution >= 4 is 43.6 Å². The van der Waals surface area contributed by atoms with Crippen molar-refractivity contribution in [1.29, 1.82) is 0 Å². The van der Waals surface area contributed by atoms with Crippen molar-refractivity contribution in [3.05, 3.63) is 62.8 Å². The van der Waals surface area contributed by atoms with Gasteiger partial charge in [-0.2, -0.15) is 0 Å². The summed E-state index contributed by atoms with van der Waals surface area (Å²) >= 11 is 8.16. The lowest BCUT2D eigenvalue weighted by Crippen LogP contribution is -2.03. The molecule has 1 atom stereocenters. The van der Waals surface area contributed by atoms with E-state index in [9.17, 15) is 9.50 Å². The Hall–Kier alpha value is -0.360. The van der Waals surface area contributed by atoms with Crippen molar-refractivity contribution in [1.82, 2.24) is 0 Å². The highest BCUT2D eigenvalue weighted by atomic mass is 79.9. The van der Waals surface area contributed by atoms with Crippen LogP contribution in [-0.4, -0.2) is 10.9 Å². The van der Waals surface area contributed by atoms with Gasteiger partial charge in [0.2, 0.25) is 0 Å². The molecule has 0 bridgehead atoms. The third-order valence-electron chi connectivity index (χ3n) is 2.52. The third-order valence-corrected chi connectivity index (χ3v) is 4.58. The highest BCUT2D eigenvalue weighted by Gasteiger charge is 2.13. The van der Waals surface area contributed by atoms with Crippen LogP contribution in [0.3, 0.4) is 0 Å². The Kier molecular flexibility index (Phi) is 5.45. The molecule has 0 saturated carbocycles. The van der Waals surface area contributed by atoms with Gasteiger partial charge in [-0.1, -0.05) is 37.9 Å². The summed E-state index contributed by atoms with van der Waals surface area (Å²) in [5, 5.41) is 10.1. The van der Waals surface area contributed by atoms with Gasteiger partial charge in [-0.05, 0) is 36.4 Å². The zero-order chi connectivity index (χ0) is 13.8. The number of hydrogen-bond acceptors (Lipinski definition) is 2. The summed E-state index contributed by atoms with van der Waals surface area (Å²) in [6.45, 7) is 0. The van der Waals surface area contributed by atoms with Crippen molar-refractivity contribution in [3.63, 3.8) is 0 Å². The van der Waals surface area contributed by atoms with E-state index >= 15 is 0 Å². The molecular weight excluding hydrogens is 395 g/mol. The van der Waals surface area contributed by atoms with Crippen LogP contribution in [0, 0.1) is 5.82 Å². The van der Waals surface area contributed by atoms with E-state index < -0.39 is 6.10 Å². The molecule has 100 valence electrons. The Morgan fingerprint density at radius 2 is 1.84 bits per heavy atom. The van der Waals surface area contributed by atoms with Crippen LogP contribution < -0.4 is 0 Å². The number of halogens is 3. The van der Waals surface area contributed by atoms with Crippen LogP contribution in [0.2, 0.25) is 0 Å². The van der Waals surface area contributed by atoms with Gasteiger partial charge in [-0.15, -0.1) is 11.8 Å². The minimum absolute atomic E-state index is 0.317. The first-order valence-corrected chi connectivity index (χ1v) is 8.15. The first-order chi connectivity index (χ1) is 9.06. The quantitative estimate of drug-likeness (QED) is 0.707. The molecule has 0 saturated heterocycles. The molecular formula is C14H11Br2FOS. The molecule has 1 unspecified atom stereocenters. The largest absolute Gasteiger partial charge is 0.387 e. The molecule has 0 fully saturated rings. The van der Waals surface area contributed by atoms with E-state index in [1.165, 1.54) is 17.8 Å². The summed E-state index contributed by atoms with van der Waals surface area (Å²) in [6, 6.07) is 12.4. The van der Waals surface area contributed by atoms with Crippen LogP contribution in [0.25, 0.3) is 0 Å². The van der Waals surface area contributed by atoms with Crippen LogP contribution >= 0.6 is 43.6 Å². The maximum Gasteiger partial charge on any atom is 0.129 e. The minimum atomic E-state index is -0.832. The fourth-order valence-corrected chi connectivity index (χ4v) is 3.44. The van der Waals surface area contributed by atoms with Crippen LogP contribution in [0.1, 0.15) is 11.7 Å². The molecule has 1 N–H and O–H groups in total. The maximum absolute atomic E-state index is 13.6. The van der Waals surface area contributed by atoms with Gasteiger partial charge in [0, 0.05) is 25.2 Å². The second-order valence-corrected chi connectivity index (χ2v) is 6.87. The van der Waals surface area contributed by atoms with Gasteiger partial charge in [0.15, 0.2) is 0 Å². The van der Waals surface area contributed by atoms with E-state index in [0.717, 1.165) is 13.8 Å². The standard InChI is InChI=1S/C14H11Br2FOS/c15-9-2-1-3-11(6-9)19-8-14(18)12-7-10(16)4-5-13(12)17/h1-7,14,18H,8H2. The molecule has 0 aliphatic heterocycles. The van der Waals surface area contributed by atoms with Gasteiger partial charge in [0.25, 0.3) is 0 Å². The van der Waals surface area contributed by atoms with E-state index in [1.807, 2.05) is 24.3 Å². The summed E-state index contributed by atoms with van der Waals surface area (Å²) < 4.78 is 15.4. The molecule has 0 radical (unpaired) electrons. The molecule has 19 heavy (non-hydrogen) atoms. The normalized spacial score (nSPS) is 12.4. The Balaban J connectivity index is 2.05. The maximum atomic E-state index is 13.6. The second kappa shape index (κ2) is 6.88. The highest BCUT2D eigenvalue weighted by molar-refractivity contribution is 9.10. The van der Waals surface area contributed by atoms with Crippen molar-refractivity contribution in [2.45, 2.75) is 11.0 Å². The van der Waals surface area contributed by atoms with Gasteiger partial charge in [0.1, 0.15) is 5.82 Å².